The molecule has 0 bridgehead atoms. The van der Waals surface area contributed by atoms with Gasteiger partial charge in [0.25, 0.3) is 5.69 Å². The second-order valence-electron chi connectivity index (χ2n) is 5.87. The fourth-order valence-corrected chi connectivity index (χ4v) is 2.70. The molecule has 6 nitrogen and oxygen atoms in total. The number of carbonyl (C=O) groups excluding carboxylic acids is 1. The molecule has 6 heteroatoms. The first-order chi connectivity index (χ1) is 12.0. The third kappa shape index (κ3) is 3.38. The number of hydrogen-bond acceptors (Lipinski definition) is 5. The number of ether oxygens (including phenoxy) is 1. The quantitative estimate of drug-likeness (QED) is 0.394. The van der Waals surface area contributed by atoms with Crippen LogP contribution >= 0.6 is 0 Å². The van der Waals surface area contributed by atoms with Gasteiger partial charge in [0.2, 0.25) is 0 Å². The van der Waals surface area contributed by atoms with E-state index in [1.807, 2.05) is 26.0 Å². The van der Waals surface area contributed by atoms with Crippen LogP contribution in [0.1, 0.15) is 22.3 Å². The minimum atomic E-state index is -0.488. The first-order valence-electron chi connectivity index (χ1n) is 7.81. The van der Waals surface area contributed by atoms with Crippen LogP contribution in [0.25, 0.3) is 11.0 Å². The molecule has 0 saturated heterocycles. The molecule has 128 valence electrons. The first kappa shape index (κ1) is 16.7. The first-order valence-corrected chi connectivity index (χ1v) is 7.81. The van der Waals surface area contributed by atoms with Gasteiger partial charge in [0.05, 0.1) is 23.2 Å². The van der Waals surface area contributed by atoms with Gasteiger partial charge in [-0.15, -0.1) is 0 Å². The van der Waals surface area contributed by atoms with Gasteiger partial charge in [0, 0.05) is 17.0 Å². The van der Waals surface area contributed by atoms with Crippen LogP contribution in [0.2, 0.25) is 0 Å². The highest BCUT2D eigenvalue weighted by Crippen LogP contribution is 2.27. The summed E-state index contributed by atoms with van der Waals surface area (Å²) in [7, 11) is 0. The lowest BCUT2D eigenvalue weighted by atomic mass is 10.0. The molecule has 25 heavy (non-hydrogen) atoms. The summed E-state index contributed by atoms with van der Waals surface area (Å²) in [5.41, 5.74) is 3.97. The van der Waals surface area contributed by atoms with E-state index >= 15 is 0 Å². The third-order valence-corrected chi connectivity index (χ3v) is 4.25. The predicted molar refractivity (Wildman–Crippen MR) is 92.3 cm³/mol. The minimum Gasteiger partial charge on any atom is -0.464 e. The van der Waals surface area contributed by atoms with Crippen LogP contribution in [0, 0.1) is 24.0 Å². The summed E-state index contributed by atoms with van der Waals surface area (Å²) in [5.74, 6) is -0.459. The Labute approximate surface area is 144 Å². The average Bonchev–Trinajstić information content (AvgIpc) is 3.00. The van der Waals surface area contributed by atoms with Gasteiger partial charge < -0.3 is 9.15 Å². The molecule has 0 N–H and O–H groups in total. The maximum atomic E-state index is 12.1. The highest BCUT2D eigenvalue weighted by molar-refractivity contribution is 5.88. The van der Waals surface area contributed by atoms with E-state index in [0.717, 1.165) is 27.7 Å². The van der Waals surface area contributed by atoms with Crippen LogP contribution in [-0.4, -0.2) is 10.9 Å². The second kappa shape index (κ2) is 6.76. The summed E-state index contributed by atoms with van der Waals surface area (Å²) in [4.78, 5) is 22.6. The lowest BCUT2D eigenvalue weighted by molar-refractivity contribution is -0.385. The molecule has 1 heterocycles. The molecular weight excluding hydrogens is 322 g/mol. The van der Waals surface area contributed by atoms with Crippen LogP contribution in [0.15, 0.2) is 47.1 Å². The SMILES string of the molecule is Cc1ccc2c(CC(=O)OCc3ccccc3[N+](=O)[O-])coc2c1C. The predicted octanol–water partition coefficient (Wildman–Crippen LogP) is 4.24. The minimum absolute atomic E-state index is 0.0517. The van der Waals surface area contributed by atoms with Gasteiger partial charge in [0.15, 0.2) is 0 Å². The van der Waals surface area contributed by atoms with Gasteiger partial charge in [-0.05, 0) is 31.0 Å². The fraction of sp³-hybridized carbons (Fsp3) is 0.211. The Morgan fingerprint density at radius 1 is 1.16 bits per heavy atom. The fourth-order valence-electron chi connectivity index (χ4n) is 2.70. The normalized spacial score (nSPS) is 10.8. The molecule has 3 aromatic rings. The zero-order valence-corrected chi connectivity index (χ0v) is 13.9. The van der Waals surface area contributed by atoms with Crippen molar-refractivity contribution in [1.82, 2.24) is 0 Å². The molecule has 1 aromatic heterocycles. The van der Waals surface area contributed by atoms with Gasteiger partial charge in [0.1, 0.15) is 12.2 Å². The Hall–Kier alpha value is -3.15. The number of para-hydroxylation sites is 1. The Bertz CT molecular complexity index is 958. The van der Waals surface area contributed by atoms with Crippen molar-refractivity contribution in [1.29, 1.82) is 0 Å². The molecule has 0 atom stereocenters. The van der Waals surface area contributed by atoms with E-state index < -0.39 is 10.9 Å². The van der Waals surface area contributed by atoms with Crippen molar-refractivity contribution in [2.24, 2.45) is 0 Å². The summed E-state index contributed by atoms with van der Waals surface area (Å²) in [6, 6.07) is 10.1. The Morgan fingerprint density at radius 2 is 1.92 bits per heavy atom. The number of esters is 1. The zero-order chi connectivity index (χ0) is 18.0. The van der Waals surface area contributed by atoms with E-state index in [1.54, 1.807) is 24.5 Å². The van der Waals surface area contributed by atoms with Crippen molar-refractivity contribution in [2.45, 2.75) is 26.9 Å². The molecule has 0 radical (unpaired) electrons. The van der Waals surface area contributed by atoms with Crippen molar-refractivity contribution in [3.8, 4) is 0 Å². The molecule has 0 fully saturated rings. The van der Waals surface area contributed by atoms with Gasteiger partial charge in [-0.1, -0.05) is 24.3 Å². The number of carbonyl (C=O) groups is 1. The van der Waals surface area contributed by atoms with E-state index in [0.29, 0.717) is 5.56 Å². The lowest BCUT2D eigenvalue weighted by Crippen LogP contribution is -2.08. The largest absolute Gasteiger partial charge is 0.464 e. The van der Waals surface area contributed by atoms with Gasteiger partial charge in [-0.2, -0.15) is 0 Å². The topological polar surface area (TPSA) is 82.6 Å². The maximum Gasteiger partial charge on any atom is 0.310 e. The van der Waals surface area contributed by atoms with Crippen molar-refractivity contribution < 1.29 is 18.9 Å². The van der Waals surface area contributed by atoms with E-state index in [4.69, 9.17) is 9.15 Å². The number of benzene rings is 2. The van der Waals surface area contributed by atoms with Crippen molar-refractivity contribution >= 4 is 22.6 Å². The van der Waals surface area contributed by atoms with Crippen LogP contribution < -0.4 is 0 Å². The van der Waals surface area contributed by atoms with E-state index in [1.165, 1.54) is 6.07 Å². The molecule has 2 aromatic carbocycles. The van der Waals surface area contributed by atoms with Crippen LogP contribution in [0.5, 0.6) is 0 Å². The van der Waals surface area contributed by atoms with Crippen molar-refractivity contribution in [3.63, 3.8) is 0 Å². The number of nitrogens with zero attached hydrogens (tertiary/aromatic N) is 1. The van der Waals surface area contributed by atoms with Gasteiger partial charge in [-0.25, -0.2) is 0 Å². The molecule has 0 aliphatic heterocycles. The molecule has 0 aliphatic carbocycles. The Balaban J connectivity index is 1.72. The Morgan fingerprint density at radius 3 is 2.68 bits per heavy atom. The highest BCUT2D eigenvalue weighted by Gasteiger charge is 2.16. The summed E-state index contributed by atoms with van der Waals surface area (Å²) < 4.78 is 10.8. The number of nitro groups is 1. The van der Waals surface area contributed by atoms with Crippen LogP contribution in [0.3, 0.4) is 0 Å². The standard InChI is InChI=1S/C19H17NO5/c1-12-7-8-16-15(11-25-19(16)13(12)2)9-18(21)24-10-14-5-3-4-6-17(14)20(22)23/h3-8,11H,9-10H2,1-2H3. The molecule has 0 aliphatic rings. The van der Waals surface area contributed by atoms with Crippen LogP contribution in [-0.2, 0) is 22.6 Å². The summed E-state index contributed by atoms with van der Waals surface area (Å²) in [5, 5.41) is 11.9. The summed E-state index contributed by atoms with van der Waals surface area (Å²) in [6.07, 6.45) is 1.61. The van der Waals surface area contributed by atoms with Crippen molar-refractivity contribution in [3.05, 3.63) is 75.0 Å². The number of furan rings is 1. The number of rotatable bonds is 5. The molecule has 0 unspecified atom stereocenters. The lowest BCUT2D eigenvalue weighted by Gasteiger charge is -2.05. The van der Waals surface area contributed by atoms with Crippen LogP contribution in [0.4, 0.5) is 5.69 Å². The zero-order valence-electron chi connectivity index (χ0n) is 13.9. The number of hydrogen-bond donors (Lipinski definition) is 0. The maximum absolute atomic E-state index is 12.1. The van der Waals surface area contributed by atoms with E-state index in [2.05, 4.69) is 0 Å². The molecular formula is C19H17NO5. The highest BCUT2D eigenvalue weighted by atomic mass is 16.6. The number of aryl methyl sites for hydroxylation is 2. The smallest absolute Gasteiger partial charge is 0.310 e. The number of fused-ring (bicyclic) bond motifs is 1. The molecule has 0 saturated carbocycles. The van der Waals surface area contributed by atoms with E-state index in [-0.39, 0.29) is 18.7 Å². The second-order valence-corrected chi connectivity index (χ2v) is 5.87. The molecule has 0 amide bonds. The molecule has 3 rings (SSSR count). The summed E-state index contributed by atoms with van der Waals surface area (Å²) >= 11 is 0. The van der Waals surface area contributed by atoms with Gasteiger partial charge >= 0.3 is 5.97 Å². The number of nitro benzene ring substituents is 1. The van der Waals surface area contributed by atoms with Gasteiger partial charge in [-0.3, -0.25) is 14.9 Å². The van der Waals surface area contributed by atoms with Crippen molar-refractivity contribution in [2.75, 3.05) is 0 Å². The monoisotopic (exact) mass is 339 g/mol. The third-order valence-electron chi connectivity index (χ3n) is 4.25. The Kier molecular flexibility index (Phi) is 4.52. The summed E-state index contributed by atoms with van der Waals surface area (Å²) in [6.45, 7) is 3.83. The van der Waals surface area contributed by atoms with E-state index in [9.17, 15) is 14.9 Å². The molecule has 0 spiro atoms. The average molecular weight is 339 g/mol.